The zero-order valence-corrected chi connectivity index (χ0v) is 17.7. The Labute approximate surface area is 178 Å². The Morgan fingerprint density at radius 2 is 2.10 bits per heavy atom. The molecule has 148 valence electrons. The van der Waals surface area contributed by atoms with Gasteiger partial charge in [0.05, 0.1) is 22.6 Å². The molecule has 4 rings (SSSR count). The van der Waals surface area contributed by atoms with Crippen LogP contribution in [0.25, 0.3) is 10.7 Å². The van der Waals surface area contributed by atoms with E-state index in [1.54, 1.807) is 16.2 Å². The summed E-state index contributed by atoms with van der Waals surface area (Å²) in [6.07, 6.45) is 2.52. The molecule has 6 nitrogen and oxygen atoms in total. The third kappa shape index (κ3) is 4.36. The molecule has 1 aromatic carbocycles. The molecule has 1 amide bonds. The monoisotopic (exact) mass is 423 g/mol. The summed E-state index contributed by atoms with van der Waals surface area (Å²) in [5.74, 6) is 0.855. The van der Waals surface area contributed by atoms with Crippen molar-refractivity contribution in [1.82, 2.24) is 14.8 Å². The zero-order chi connectivity index (χ0) is 20.2. The Bertz CT molecular complexity index is 1010. The average Bonchev–Trinajstić information content (AvgIpc) is 3.26. The molecular weight excluding hydrogens is 402 g/mol. The second-order valence-corrected chi connectivity index (χ2v) is 9.13. The maximum absolute atomic E-state index is 13.2. The minimum Gasteiger partial charge on any atom is -0.310 e. The third-order valence-corrected chi connectivity index (χ3v) is 6.64. The Kier molecular flexibility index (Phi) is 5.97. The first-order valence-electron chi connectivity index (χ1n) is 9.58. The summed E-state index contributed by atoms with van der Waals surface area (Å²) in [5.41, 5.74) is 0.808. The van der Waals surface area contributed by atoms with Crippen molar-refractivity contribution in [3.05, 3.63) is 47.8 Å². The maximum Gasteiger partial charge on any atom is 0.240 e. The van der Waals surface area contributed by atoms with Gasteiger partial charge < -0.3 is 4.90 Å². The Hall–Kier alpha value is -2.63. The van der Waals surface area contributed by atoms with Crippen LogP contribution in [0.2, 0.25) is 0 Å². The highest BCUT2D eigenvalue weighted by atomic mass is 32.2. The van der Waals surface area contributed by atoms with Gasteiger partial charge in [-0.25, -0.2) is 0 Å². The summed E-state index contributed by atoms with van der Waals surface area (Å²) in [6.45, 7) is 2.27. The van der Waals surface area contributed by atoms with Crippen LogP contribution in [-0.4, -0.2) is 32.5 Å². The van der Waals surface area contributed by atoms with Crippen LogP contribution in [-0.2, 0) is 4.79 Å². The normalized spacial score (nSPS) is 14.3. The largest absolute Gasteiger partial charge is 0.310 e. The van der Waals surface area contributed by atoms with Crippen molar-refractivity contribution in [3.63, 3.8) is 0 Å². The van der Waals surface area contributed by atoms with Crippen LogP contribution >= 0.6 is 23.1 Å². The molecule has 29 heavy (non-hydrogen) atoms. The molecule has 0 aliphatic heterocycles. The quantitative estimate of drug-likeness (QED) is 0.488. The highest BCUT2D eigenvalue weighted by Gasteiger charge is 2.32. The molecule has 0 saturated heterocycles. The van der Waals surface area contributed by atoms with E-state index in [-0.39, 0.29) is 11.2 Å². The summed E-state index contributed by atoms with van der Waals surface area (Å²) in [5, 5.41) is 20.3. The minimum atomic E-state index is -0.341. The standard InChI is InChI=1S/C21H21N5OS2/c1-15(20(27)25(13-6-12-22)16-7-3-2-4-8-16)29-21-24-23-19(18-9-5-14-28-18)26(21)17-10-11-17/h2-5,7-9,14-15,17H,6,10-11,13H2,1H3/t15-/m1/s1. The fourth-order valence-electron chi connectivity index (χ4n) is 3.16. The van der Waals surface area contributed by atoms with Gasteiger partial charge in [0.15, 0.2) is 11.0 Å². The SMILES string of the molecule is C[C@@H](Sc1nnc(-c2cccs2)n1C1CC1)C(=O)N(CCC#N)c1ccccc1. The van der Waals surface area contributed by atoms with Gasteiger partial charge in [-0.1, -0.05) is 36.0 Å². The molecule has 1 aliphatic rings. The second kappa shape index (κ2) is 8.80. The molecule has 0 spiro atoms. The van der Waals surface area contributed by atoms with E-state index in [1.807, 2.05) is 48.7 Å². The molecule has 0 N–H and O–H groups in total. The van der Waals surface area contributed by atoms with Crippen LogP contribution in [0, 0.1) is 11.3 Å². The molecular formula is C21H21N5OS2. The molecule has 0 radical (unpaired) electrons. The van der Waals surface area contributed by atoms with Gasteiger partial charge in [-0.3, -0.25) is 9.36 Å². The van der Waals surface area contributed by atoms with Crippen molar-refractivity contribution in [3.8, 4) is 16.8 Å². The number of hydrogen-bond acceptors (Lipinski definition) is 6. The van der Waals surface area contributed by atoms with E-state index < -0.39 is 0 Å². The van der Waals surface area contributed by atoms with Crippen molar-refractivity contribution >= 4 is 34.7 Å². The van der Waals surface area contributed by atoms with Crippen molar-refractivity contribution in [2.75, 3.05) is 11.4 Å². The van der Waals surface area contributed by atoms with Crippen LogP contribution in [0.1, 0.15) is 32.2 Å². The molecule has 2 heterocycles. The van der Waals surface area contributed by atoms with Gasteiger partial charge >= 0.3 is 0 Å². The first-order valence-corrected chi connectivity index (χ1v) is 11.3. The second-order valence-electron chi connectivity index (χ2n) is 6.88. The highest BCUT2D eigenvalue weighted by molar-refractivity contribution is 8.00. The zero-order valence-electron chi connectivity index (χ0n) is 16.1. The lowest BCUT2D eigenvalue weighted by Crippen LogP contribution is -2.37. The fourth-order valence-corrected chi connectivity index (χ4v) is 4.84. The van der Waals surface area contributed by atoms with E-state index in [0.29, 0.717) is 19.0 Å². The van der Waals surface area contributed by atoms with E-state index in [2.05, 4.69) is 26.9 Å². The van der Waals surface area contributed by atoms with E-state index >= 15 is 0 Å². The summed E-state index contributed by atoms with van der Waals surface area (Å²) < 4.78 is 2.18. The van der Waals surface area contributed by atoms with Crippen LogP contribution in [0.3, 0.4) is 0 Å². The minimum absolute atomic E-state index is 0.0283. The van der Waals surface area contributed by atoms with Crippen LogP contribution in [0.5, 0.6) is 0 Å². The predicted molar refractivity (Wildman–Crippen MR) is 116 cm³/mol. The Balaban J connectivity index is 1.56. The lowest BCUT2D eigenvalue weighted by atomic mass is 10.2. The van der Waals surface area contributed by atoms with Crippen molar-refractivity contribution in [2.24, 2.45) is 0 Å². The number of rotatable bonds is 8. The summed E-state index contributed by atoms with van der Waals surface area (Å²) >= 11 is 3.09. The maximum atomic E-state index is 13.2. The number of hydrogen-bond donors (Lipinski definition) is 0. The molecule has 1 atom stereocenters. The van der Waals surface area contributed by atoms with Crippen molar-refractivity contribution in [1.29, 1.82) is 5.26 Å². The molecule has 1 fully saturated rings. The molecule has 1 saturated carbocycles. The summed E-state index contributed by atoms with van der Waals surface area (Å²) in [7, 11) is 0. The molecule has 3 aromatic rings. The van der Waals surface area contributed by atoms with Crippen molar-refractivity contribution in [2.45, 2.75) is 42.6 Å². The number of anilines is 1. The molecule has 0 unspecified atom stereocenters. The summed E-state index contributed by atoms with van der Waals surface area (Å²) in [6, 6.07) is 16.1. The number of benzene rings is 1. The number of carbonyl (C=O) groups is 1. The third-order valence-electron chi connectivity index (χ3n) is 4.73. The number of nitrogens with zero attached hydrogens (tertiary/aromatic N) is 5. The lowest BCUT2D eigenvalue weighted by molar-refractivity contribution is -0.117. The molecule has 8 heteroatoms. The topological polar surface area (TPSA) is 74.8 Å². The van der Waals surface area contributed by atoms with E-state index in [1.165, 1.54) is 11.8 Å². The molecule has 1 aliphatic carbocycles. The van der Waals surface area contributed by atoms with Gasteiger partial charge in [0.2, 0.25) is 5.91 Å². The fraction of sp³-hybridized carbons (Fsp3) is 0.333. The smallest absolute Gasteiger partial charge is 0.240 e. The first kappa shape index (κ1) is 19.7. The summed E-state index contributed by atoms with van der Waals surface area (Å²) in [4.78, 5) is 16.0. The number of thiophene rings is 1. The predicted octanol–water partition coefficient (Wildman–Crippen LogP) is 4.77. The van der Waals surface area contributed by atoms with Gasteiger partial charge in [0.25, 0.3) is 0 Å². The number of carbonyl (C=O) groups excluding carboxylic acids is 1. The van der Waals surface area contributed by atoms with Gasteiger partial charge in [0, 0.05) is 18.3 Å². The van der Waals surface area contributed by atoms with Crippen LogP contribution in [0.15, 0.2) is 53.0 Å². The number of aromatic nitrogens is 3. The average molecular weight is 424 g/mol. The van der Waals surface area contributed by atoms with E-state index in [9.17, 15) is 4.79 Å². The van der Waals surface area contributed by atoms with Crippen LogP contribution < -0.4 is 4.90 Å². The van der Waals surface area contributed by atoms with Gasteiger partial charge in [-0.2, -0.15) is 5.26 Å². The first-order chi connectivity index (χ1) is 14.2. The number of para-hydroxylation sites is 1. The van der Waals surface area contributed by atoms with Crippen molar-refractivity contribution < 1.29 is 4.79 Å². The van der Waals surface area contributed by atoms with Gasteiger partial charge in [-0.05, 0) is 43.3 Å². The van der Waals surface area contributed by atoms with Gasteiger partial charge in [-0.15, -0.1) is 21.5 Å². The highest BCUT2D eigenvalue weighted by Crippen LogP contribution is 2.42. The number of thioether (sulfide) groups is 1. The molecule has 0 bridgehead atoms. The van der Waals surface area contributed by atoms with E-state index in [0.717, 1.165) is 34.4 Å². The van der Waals surface area contributed by atoms with Crippen LogP contribution in [0.4, 0.5) is 5.69 Å². The Morgan fingerprint density at radius 1 is 1.31 bits per heavy atom. The number of amides is 1. The van der Waals surface area contributed by atoms with Gasteiger partial charge in [0.1, 0.15) is 0 Å². The Morgan fingerprint density at radius 3 is 2.76 bits per heavy atom. The lowest BCUT2D eigenvalue weighted by Gasteiger charge is -2.24. The molecule has 2 aromatic heterocycles. The van der Waals surface area contributed by atoms with E-state index in [4.69, 9.17) is 5.26 Å². The number of nitriles is 1.